The lowest BCUT2D eigenvalue weighted by molar-refractivity contribution is -0.113. The Balaban J connectivity index is 1.95. The van der Waals surface area contributed by atoms with E-state index >= 15 is 0 Å². The third kappa shape index (κ3) is 4.92. The Bertz CT molecular complexity index is 980. The molecular formula is C21H19FINO3S2. The van der Waals surface area contributed by atoms with E-state index in [9.17, 15) is 9.18 Å². The lowest BCUT2D eigenvalue weighted by Gasteiger charge is -2.15. The Morgan fingerprint density at radius 1 is 1.24 bits per heavy atom. The summed E-state index contributed by atoms with van der Waals surface area (Å²) in [6, 6.07) is 9.86. The topological polar surface area (TPSA) is 38.8 Å². The standard InChI is InChI=1S/C21H19FINO3S2/c1-3-9-27-19-15(23)10-13(11-17(19)26-4-2)12-18-20(25)24(21(28)29-18)16-8-6-5-7-14(16)22/h5-8,10-12H,3-4,9H2,1-2H3/b18-12+. The maximum atomic E-state index is 14.2. The number of carbonyl (C=O) groups is 1. The zero-order valence-electron chi connectivity index (χ0n) is 15.9. The molecule has 2 aromatic carbocycles. The fourth-order valence-electron chi connectivity index (χ4n) is 2.74. The van der Waals surface area contributed by atoms with Gasteiger partial charge in [-0.3, -0.25) is 9.69 Å². The molecule has 1 aliphatic heterocycles. The molecule has 4 nitrogen and oxygen atoms in total. The van der Waals surface area contributed by atoms with E-state index in [-0.39, 0.29) is 11.6 Å². The van der Waals surface area contributed by atoms with Crippen LogP contribution in [-0.4, -0.2) is 23.4 Å². The van der Waals surface area contributed by atoms with Crippen molar-refractivity contribution in [1.29, 1.82) is 0 Å². The van der Waals surface area contributed by atoms with Crippen molar-refractivity contribution >= 4 is 68.6 Å². The molecular weight excluding hydrogens is 524 g/mol. The lowest BCUT2D eigenvalue weighted by Crippen LogP contribution is -2.28. The van der Waals surface area contributed by atoms with E-state index in [2.05, 4.69) is 22.6 Å². The van der Waals surface area contributed by atoms with E-state index in [0.29, 0.717) is 33.9 Å². The average Bonchev–Trinajstić information content (AvgIpc) is 2.95. The van der Waals surface area contributed by atoms with Crippen molar-refractivity contribution in [2.75, 3.05) is 18.1 Å². The smallest absolute Gasteiger partial charge is 0.270 e. The Morgan fingerprint density at radius 3 is 2.69 bits per heavy atom. The minimum Gasteiger partial charge on any atom is -0.490 e. The lowest BCUT2D eigenvalue weighted by atomic mass is 10.1. The number of nitrogens with zero attached hydrogens (tertiary/aromatic N) is 1. The van der Waals surface area contributed by atoms with Crippen LogP contribution in [0.25, 0.3) is 6.08 Å². The SMILES string of the molecule is CCCOc1c(I)cc(/C=C2/SC(=S)N(c3ccccc3F)C2=O)cc1OCC. The Kier molecular flexibility index (Phi) is 7.53. The van der Waals surface area contributed by atoms with Gasteiger partial charge in [0.2, 0.25) is 0 Å². The summed E-state index contributed by atoms with van der Waals surface area (Å²) in [5, 5.41) is 0. The van der Waals surface area contributed by atoms with Crippen LogP contribution in [0.4, 0.5) is 10.1 Å². The van der Waals surface area contributed by atoms with Gasteiger partial charge in [-0.25, -0.2) is 4.39 Å². The van der Waals surface area contributed by atoms with Gasteiger partial charge >= 0.3 is 0 Å². The predicted octanol–water partition coefficient (Wildman–Crippen LogP) is 6.02. The van der Waals surface area contributed by atoms with Crippen molar-refractivity contribution in [2.24, 2.45) is 0 Å². The van der Waals surface area contributed by atoms with Gasteiger partial charge < -0.3 is 9.47 Å². The molecule has 0 radical (unpaired) electrons. The summed E-state index contributed by atoms with van der Waals surface area (Å²) in [6.07, 6.45) is 2.64. The molecule has 0 atom stereocenters. The minimum atomic E-state index is -0.490. The molecule has 0 saturated carbocycles. The molecule has 0 aliphatic carbocycles. The molecule has 0 spiro atoms. The van der Waals surface area contributed by atoms with Crippen LogP contribution >= 0.6 is 46.6 Å². The van der Waals surface area contributed by atoms with E-state index in [1.54, 1.807) is 24.3 Å². The summed E-state index contributed by atoms with van der Waals surface area (Å²) in [7, 11) is 0. The van der Waals surface area contributed by atoms with E-state index in [1.807, 2.05) is 26.0 Å². The van der Waals surface area contributed by atoms with Gasteiger partial charge in [-0.1, -0.05) is 43.0 Å². The molecule has 29 heavy (non-hydrogen) atoms. The second kappa shape index (κ2) is 9.90. The molecule has 8 heteroatoms. The van der Waals surface area contributed by atoms with Crippen molar-refractivity contribution in [3.05, 3.63) is 56.3 Å². The highest BCUT2D eigenvalue weighted by molar-refractivity contribution is 14.1. The molecule has 0 N–H and O–H groups in total. The normalized spacial score (nSPS) is 15.3. The number of thiocarbonyl (C=S) groups is 1. The second-order valence-electron chi connectivity index (χ2n) is 6.08. The van der Waals surface area contributed by atoms with Crippen LogP contribution in [0.5, 0.6) is 11.5 Å². The highest BCUT2D eigenvalue weighted by Gasteiger charge is 2.34. The van der Waals surface area contributed by atoms with Crippen molar-refractivity contribution in [2.45, 2.75) is 20.3 Å². The van der Waals surface area contributed by atoms with Crippen LogP contribution < -0.4 is 14.4 Å². The van der Waals surface area contributed by atoms with Crippen molar-refractivity contribution in [3.63, 3.8) is 0 Å². The van der Waals surface area contributed by atoms with Crippen LogP contribution in [0.2, 0.25) is 0 Å². The summed E-state index contributed by atoms with van der Waals surface area (Å²) in [4.78, 5) is 14.6. The van der Waals surface area contributed by atoms with E-state index < -0.39 is 5.82 Å². The third-order valence-electron chi connectivity index (χ3n) is 3.97. The van der Waals surface area contributed by atoms with Crippen molar-refractivity contribution < 1.29 is 18.7 Å². The molecule has 2 aromatic rings. The van der Waals surface area contributed by atoms with E-state index in [0.717, 1.165) is 27.3 Å². The average molecular weight is 543 g/mol. The molecule has 1 fully saturated rings. The fraction of sp³-hybridized carbons (Fsp3) is 0.238. The largest absolute Gasteiger partial charge is 0.490 e. The molecule has 1 amide bonds. The van der Waals surface area contributed by atoms with Gasteiger partial charge in [0.1, 0.15) is 5.82 Å². The first-order valence-electron chi connectivity index (χ1n) is 9.07. The summed E-state index contributed by atoms with van der Waals surface area (Å²) in [5.74, 6) is 0.495. The molecule has 1 saturated heterocycles. The predicted molar refractivity (Wildman–Crippen MR) is 128 cm³/mol. The number of halogens is 2. The summed E-state index contributed by atoms with van der Waals surface area (Å²) in [5.41, 5.74) is 0.946. The maximum absolute atomic E-state index is 14.2. The zero-order valence-corrected chi connectivity index (χ0v) is 19.7. The number of carbonyl (C=O) groups excluding carboxylic acids is 1. The van der Waals surface area contributed by atoms with Crippen LogP contribution in [0.1, 0.15) is 25.8 Å². The Morgan fingerprint density at radius 2 is 2.00 bits per heavy atom. The molecule has 0 bridgehead atoms. The number of ether oxygens (including phenoxy) is 2. The van der Waals surface area contributed by atoms with Crippen LogP contribution in [0.3, 0.4) is 0 Å². The fourth-order valence-corrected chi connectivity index (χ4v) is 4.80. The molecule has 0 aromatic heterocycles. The van der Waals surface area contributed by atoms with Gasteiger partial charge in [0.15, 0.2) is 15.8 Å². The summed E-state index contributed by atoms with van der Waals surface area (Å²) < 4.78 is 26.9. The Hall–Kier alpha value is -1.65. The van der Waals surface area contributed by atoms with Crippen molar-refractivity contribution in [3.8, 4) is 11.5 Å². The minimum absolute atomic E-state index is 0.159. The second-order valence-corrected chi connectivity index (χ2v) is 8.92. The van der Waals surface area contributed by atoms with Crippen molar-refractivity contribution in [1.82, 2.24) is 0 Å². The number of thioether (sulfide) groups is 1. The first-order chi connectivity index (χ1) is 14.0. The highest BCUT2D eigenvalue weighted by Crippen LogP contribution is 2.39. The number of benzene rings is 2. The molecule has 1 heterocycles. The number of hydrogen-bond donors (Lipinski definition) is 0. The van der Waals surface area contributed by atoms with Gasteiger partial charge in [0, 0.05) is 0 Å². The summed E-state index contributed by atoms with van der Waals surface area (Å²) in [6.45, 7) is 5.04. The van der Waals surface area contributed by atoms with Gasteiger partial charge in [-0.15, -0.1) is 0 Å². The molecule has 0 unspecified atom stereocenters. The number of hydrogen-bond acceptors (Lipinski definition) is 5. The third-order valence-corrected chi connectivity index (χ3v) is 6.07. The Labute approximate surface area is 192 Å². The van der Waals surface area contributed by atoms with Gasteiger partial charge in [-0.05, 0) is 71.8 Å². The number of rotatable bonds is 7. The van der Waals surface area contributed by atoms with Crippen LogP contribution in [0, 0.1) is 9.39 Å². The first kappa shape index (κ1) is 22.0. The number of anilines is 1. The van der Waals surface area contributed by atoms with Gasteiger partial charge in [0.05, 0.1) is 27.4 Å². The van der Waals surface area contributed by atoms with Gasteiger partial charge in [-0.2, -0.15) is 0 Å². The zero-order chi connectivity index (χ0) is 21.0. The maximum Gasteiger partial charge on any atom is 0.270 e. The van der Waals surface area contributed by atoms with E-state index in [1.165, 1.54) is 11.0 Å². The summed E-state index contributed by atoms with van der Waals surface area (Å²) >= 11 is 8.67. The van der Waals surface area contributed by atoms with Gasteiger partial charge in [0.25, 0.3) is 5.91 Å². The first-order valence-corrected chi connectivity index (χ1v) is 11.4. The quantitative estimate of drug-likeness (QED) is 0.243. The molecule has 1 aliphatic rings. The number of para-hydroxylation sites is 1. The monoisotopic (exact) mass is 543 g/mol. The highest BCUT2D eigenvalue weighted by atomic mass is 127. The molecule has 152 valence electrons. The van der Waals surface area contributed by atoms with E-state index in [4.69, 9.17) is 21.7 Å². The van der Waals surface area contributed by atoms with Crippen LogP contribution in [0.15, 0.2) is 41.3 Å². The number of amides is 1. The van der Waals surface area contributed by atoms with Crippen LogP contribution in [-0.2, 0) is 4.79 Å². The molecule has 3 rings (SSSR count).